The van der Waals surface area contributed by atoms with Crippen molar-refractivity contribution in [1.29, 1.82) is 0 Å². The first-order chi connectivity index (χ1) is 6.86. The molecule has 6 atom stereocenters. The third-order valence-electron chi connectivity index (χ3n) is 2.64. The summed E-state index contributed by atoms with van der Waals surface area (Å²) in [4.78, 5) is 0. The Morgan fingerprint density at radius 3 is 1.93 bits per heavy atom. The summed E-state index contributed by atoms with van der Waals surface area (Å²) < 4.78 is 4.85. The Kier molecular flexibility index (Phi) is 4.05. The standard InChI is InChI=1S/C9H18O6/c1-3(2)4(10)8-6(12)5(11)7(13)9(14)15-8/h3-14H,1-2H3/t4?,5-,6-,7-,8+,9-/m0/s1. The van der Waals surface area contributed by atoms with E-state index < -0.39 is 36.8 Å². The Labute approximate surface area is 87.7 Å². The van der Waals surface area contributed by atoms with E-state index in [-0.39, 0.29) is 5.92 Å². The van der Waals surface area contributed by atoms with Gasteiger partial charge in [0, 0.05) is 0 Å². The van der Waals surface area contributed by atoms with Crippen LogP contribution in [0.25, 0.3) is 0 Å². The summed E-state index contributed by atoms with van der Waals surface area (Å²) in [7, 11) is 0. The number of rotatable bonds is 2. The molecule has 1 aliphatic heterocycles. The van der Waals surface area contributed by atoms with Crippen molar-refractivity contribution >= 4 is 0 Å². The van der Waals surface area contributed by atoms with Crippen molar-refractivity contribution in [2.24, 2.45) is 5.92 Å². The van der Waals surface area contributed by atoms with E-state index in [4.69, 9.17) is 4.74 Å². The van der Waals surface area contributed by atoms with Gasteiger partial charge in [-0.1, -0.05) is 13.8 Å². The first-order valence-corrected chi connectivity index (χ1v) is 4.92. The molecule has 0 saturated carbocycles. The molecule has 1 heterocycles. The monoisotopic (exact) mass is 222 g/mol. The predicted molar refractivity (Wildman–Crippen MR) is 49.7 cm³/mol. The zero-order valence-electron chi connectivity index (χ0n) is 8.69. The highest BCUT2D eigenvalue weighted by Crippen LogP contribution is 2.24. The van der Waals surface area contributed by atoms with Gasteiger partial charge in [0.2, 0.25) is 0 Å². The summed E-state index contributed by atoms with van der Waals surface area (Å²) in [6.07, 6.45) is -8.21. The van der Waals surface area contributed by atoms with Gasteiger partial charge in [0.1, 0.15) is 24.4 Å². The molecule has 1 aliphatic rings. The number of hydrogen-bond donors (Lipinski definition) is 5. The molecule has 1 fully saturated rings. The van der Waals surface area contributed by atoms with Crippen molar-refractivity contribution in [3.63, 3.8) is 0 Å². The molecular weight excluding hydrogens is 204 g/mol. The zero-order valence-corrected chi connectivity index (χ0v) is 8.69. The lowest BCUT2D eigenvalue weighted by atomic mass is 9.91. The molecule has 0 spiro atoms. The normalized spacial score (nSPS) is 44.4. The van der Waals surface area contributed by atoms with Crippen LogP contribution in [0.3, 0.4) is 0 Å². The zero-order chi connectivity index (χ0) is 11.7. The van der Waals surface area contributed by atoms with Gasteiger partial charge < -0.3 is 30.3 Å². The quantitative estimate of drug-likeness (QED) is 0.363. The van der Waals surface area contributed by atoms with Crippen LogP contribution in [-0.4, -0.2) is 62.3 Å². The predicted octanol–water partition coefficient (Wildman–Crippen LogP) is -2.20. The van der Waals surface area contributed by atoms with Crippen molar-refractivity contribution in [2.45, 2.75) is 50.7 Å². The Balaban J connectivity index is 2.74. The number of aliphatic hydroxyl groups is 5. The second-order valence-electron chi connectivity index (χ2n) is 4.20. The van der Waals surface area contributed by atoms with Crippen molar-refractivity contribution in [3.05, 3.63) is 0 Å². The van der Waals surface area contributed by atoms with Crippen LogP contribution in [0.15, 0.2) is 0 Å². The largest absolute Gasteiger partial charge is 0.390 e. The highest BCUT2D eigenvalue weighted by molar-refractivity contribution is 4.92. The Hall–Kier alpha value is -0.240. The molecule has 0 aromatic heterocycles. The fraction of sp³-hybridized carbons (Fsp3) is 1.00. The summed E-state index contributed by atoms with van der Waals surface area (Å²) in [5, 5.41) is 47.0. The van der Waals surface area contributed by atoms with Gasteiger partial charge in [-0.25, -0.2) is 0 Å². The molecule has 1 unspecified atom stereocenters. The van der Waals surface area contributed by atoms with E-state index in [1.807, 2.05) is 0 Å². The Morgan fingerprint density at radius 2 is 1.47 bits per heavy atom. The van der Waals surface area contributed by atoms with Crippen molar-refractivity contribution in [1.82, 2.24) is 0 Å². The van der Waals surface area contributed by atoms with E-state index in [0.717, 1.165) is 0 Å². The topological polar surface area (TPSA) is 110 Å². The highest BCUT2D eigenvalue weighted by Gasteiger charge is 2.46. The van der Waals surface area contributed by atoms with Crippen molar-refractivity contribution in [3.8, 4) is 0 Å². The van der Waals surface area contributed by atoms with Crippen LogP contribution in [0, 0.1) is 5.92 Å². The molecule has 6 heteroatoms. The van der Waals surface area contributed by atoms with Gasteiger partial charge in [0.15, 0.2) is 6.29 Å². The van der Waals surface area contributed by atoms with Gasteiger partial charge in [0.25, 0.3) is 0 Å². The minimum atomic E-state index is -1.60. The maximum Gasteiger partial charge on any atom is 0.184 e. The van der Waals surface area contributed by atoms with Gasteiger partial charge in [0.05, 0.1) is 6.10 Å². The fourth-order valence-electron chi connectivity index (χ4n) is 1.55. The molecule has 0 bridgehead atoms. The molecule has 1 rings (SSSR count). The van der Waals surface area contributed by atoms with Gasteiger partial charge in [-0.05, 0) is 5.92 Å². The van der Waals surface area contributed by atoms with Gasteiger partial charge >= 0.3 is 0 Å². The van der Waals surface area contributed by atoms with E-state index in [0.29, 0.717) is 0 Å². The number of ether oxygens (including phenoxy) is 1. The summed E-state index contributed by atoms with van der Waals surface area (Å²) in [5.74, 6) is -0.195. The summed E-state index contributed by atoms with van der Waals surface area (Å²) in [6, 6.07) is 0. The first-order valence-electron chi connectivity index (χ1n) is 4.92. The van der Waals surface area contributed by atoms with Crippen LogP contribution in [0.4, 0.5) is 0 Å². The van der Waals surface area contributed by atoms with Crippen LogP contribution < -0.4 is 0 Å². The molecule has 90 valence electrons. The molecule has 15 heavy (non-hydrogen) atoms. The Morgan fingerprint density at radius 1 is 0.933 bits per heavy atom. The van der Waals surface area contributed by atoms with Crippen LogP contribution in [-0.2, 0) is 4.74 Å². The highest BCUT2D eigenvalue weighted by atomic mass is 16.6. The second-order valence-corrected chi connectivity index (χ2v) is 4.20. The van der Waals surface area contributed by atoms with E-state index in [9.17, 15) is 25.5 Å². The molecule has 0 radical (unpaired) electrons. The molecule has 0 aliphatic carbocycles. The summed E-state index contributed by atoms with van der Waals surface area (Å²) in [6.45, 7) is 3.43. The number of hydrogen-bond acceptors (Lipinski definition) is 6. The summed E-state index contributed by atoms with van der Waals surface area (Å²) in [5.41, 5.74) is 0. The summed E-state index contributed by atoms with van der Waals surface area (Å²) >= 11 is 0. The lowest BCUT2D eigenvalue weighted by molar-refractivity contribution is -0.299. The third-order valence-corrected chi connectivity index (χ3v) is 2.64. The van der Waals surface area contributed by atoms with E-state index in [1.54, 1.807) is 13.8 Å². The maximum atomic E-state index is 9.65. The van der Waals surface area contributed by atoms with Crippen LogP contribution in [0.1, 0.15) is 13.8 Å². The Bertz CT molecular complexity index is 209. The molecular formula is C9H18O6. The van der Waals surface area contributed by atoms with Crippen molar-refractivity contribution < 1.29 is 30.3 Å². The van der Waals surface area contributed by atoms with Crippen LogP contribution in [0.2, 0.25) is 0 Å². The first kappa shape index (κ1) is 12.8. The molecule has 5 N–H and O–H groups in total. The lowest BCUT2D eigenvalue weighted by Gasteiger charge is -2.41. The van der Waals surface area contributed by atoms with Gasteiger partial charge in [-0.2, -0.15) is 0 Å². The van der Waals surface area contributed by atoms with Gasteiger partial charge in [-0.15, -0.1) is 0 Å². The average molecular weight is 222 g/mol. The maximum absolute atomic E-state index is 9.65. The molecule has 1 saturated heterocycles. The fourth-order valence-corrected chi connectivity index (χ4v) is 1.55. The molecule has 6 nitrogen and oxygen atoms in total. The third kappa shape index (κ3) is 2.47. The van der Waals surface area contributed by atoms with Crippen LogP contribution >= 0.6 is 0 Å². The van der Waals surface area contributed by atoms with E-state index >= 15 is 0 Å². The molecule has 0 aromatic rings. The smallest absolute Gasteiger partial charge is 0.184 e. The van der Waals surface area contributed by atoms with E-state index in [2.05, 4.69) is 0 Å². The van der Waals surface area contributed by atoms with E-state index in [1.165, 1.54) is 0 Å². The van der Waals surface area contributed by atoms with Crippen molar-refractivity contribution in [2.75, 3.05) is 0 Å². The minimum Gasteiger partial charge on any atom is -0.390 e. The van der Waals surface area contributed by atoms with Crippen LogP contribution in [0.5, 0.6) is 0 Å². The second kappa shape index (κ2) is 4.73. The molecule has 0 aromatic carbocycles. The molecule has 0 amide bonds. The minimum absolute atomic E-state index is 0.195. The van der Waals surface area contributed by atoms with Gasteiger partial charge in [-0.3, -0.25) is 0 Å². The lowest BCUT2D eigenvalue weighted by Crippen LogP contribution is -2.61. The number of aliphatic hydroxyl groups excluding tert-OH is 5. The average Bonchev–Trinajstić information content (AvgIpc) is 2.19. The SMILES string of the molecule is CC(C)C(O)[C@H]1O[C@H](O)[C@@H](O)[C@@H](O)[C@@H]1O.